The standard InChI is InChI=1S/C17H25NO3/c1-2-12-21-15-9-7-8-14(13-15)16(17(19)20)18-10-5-3-4-6-11-18/h7-9,13,16H,2-6,10-12H2,1H3,(H,19,20). The first kappa shape index (κ1) is 15.8. The van der Waals surface area contributed by atoms with Crippen molar-refractivity contribution >= 4 is 5.97 Å². The zero-order valence-corrected chi connectivity index (χ0v) is 12.8. The molecule has 0 saturated carbocycles. The molecule has 116 valence electrons. The number of ether oxygens (including phenoxy) is 1. The van der Waals surface area contributed by atoms with Gasteiger partial charge in [0.2, 0.25) is 0 Å². The molecule has 1 saturated heterocycles. The minimum atomic E-state index is -0.774. The van der Waals surface area contributed by atoms with Crippen molar-refractivity contribution in [3.8, 4) is 5.75 Å². The van der Waals surface area contributed by atoms with Crippen LogP contribution in [0.5, 0.6) is 5.75 Å². The third kappa shape index (κ3) is 4.46. The third-order valence-electron chi connectivity index (χ3n) is 3.89. The van der Waals surface area contributed by atoms with Gasteiger partial charge in [-0.2, -0.15) is 0 Å². The van der Waals surface area contributed by atoms with Crippen LogP contribution in [-0.4, -0.2) is 35.7 Å². The molecule has 0 aliphatic carbocycles. The molecule has 1 atom stereocenters. The molecule has 1 heterocycles. The Hall–Kier alpha value is -1.55. The van der Waals surface area contributed by atoms with Crippen LogP contribution in [0, 0.1) is 0 Å². The van der Waals surface area contributed by atoms with Crippen molar-refractivity contribution in [2.75, 3.05) is 19.7 Å². The van der Waals surface area contributed by atoms with Gasteiger partial charge in [-0.25, -0.2) is 0 Å². The summed E-state index contributed by atoms with van der Waals surface area (Å²) in [6.45, 7) is 4.43. The highest BCUT2D eigenvalue weighted by Crippen LogP contribution is 2.27. The van der Waals surface area contributed by atoms with Crippen LogP contribution < -0.4 is 4.74 Å². The maximum atomic E-state index is 11.8. The Morgan fingerprint density at radius 2 is 2.00 bits per heavy atom. The normalized spacial score (nSPS) is 18.0. The van der Waals surface area contributed by atoms with Gasteiger partial charge in [0.1, 0.15) is 11.8 Å². The number of nitrogens with zero attached hydrogens (tertiary/aromatic N) is 1. The summed E-state index contributed by atoms with van der Waals surface area (Å²) in [5.41, 5.74) is 0.818. The van der Waals surface area contributed by atoms with Gasteiger partial charge in [-0.05, 0) is 50.0 Å². The summed E-state index contributed by atoms with van der Waals surface area (Å²) in [6.07, 6.45) is 5.50. The predicted octanol–water partition coefficient (Wildman–Crippen LogP) is 3.48. The van der Waals surface area contributed by atoms with Gasteiger partial charge in [-0.1, -0.05) is 31.9 Å². The molecular weight excluding hydrogens is 266 g/mol. The lowest BCUT2D eigenvalue weighted by atomic mass is 10.0. The molecule has 4 heteroatoms. The lowest BCUT2D eigenvalue weighted by Gasteiger charge is -2.27. The minimum Gasteiger partial charge on any atom is -0.494 e. The van der Waals surface area contributed by atoms with Gasteiger partial charge in [-0.15, -0.1) is 0 Å². The summed E-state index contributed by atoms with van der Waals surface area (Å²) in [4.78, 5) is 13.8. The largest absolute Gasteiger partial charge is 0.494 e. The number of hydrogen-bond donors (Lipinski definition) is 1. The summed E-state index contributed by atoms with van der Waals surface area (Å²) >= 11 is 0. The summed E-state index contributed by atoms with van der Waals surface area (Å²) in [5, 5.41) is 9.66. The quantitative estimate of drug-likeness (QED) is 0.872. The van der Waals surface area contributed by atoms with Crippen LogP contribution in [0.25, 0.3) is 0 Å². The molecule has 2 rings (SSSR count). The van der Waals surface area contributed by atoms with Gasteiger partial charge >= 0.3 is 5.97 Å². The van der Waals surface area contributed by atoms with Crippen LogP contribution in [0.4, 0.5) is 0 Å². The van der Waals surface area contributed by atoms with E-state index in [0.717, 1.165) is 43.7 Å². The highest BCUT2D eigenvalue weighted by molar-refractivity contribution is 5.75. The van der Waals surface area contributed by atoms with E-state index in [4.69, 9.17) is 4.74 Å². The van der Waals surface area contributed by atoms with Crippen LogP contribution in [0.1, 0.15) is 50.6 Å². The number of likely N-dealkylation sites (tertiary alicyclic amines) is 1. The van der Waals surface area contributed by atoms with E-state index in [9.17, 15) is 9.90 Å². The van der Waals surface area contributed by atoms with Gasteiger partial charge in [0.25, 0.3) is 0 Å². The lowest BCUT2D eigenvalue weighted by Crippen LogP contribution is -2.34. The van der Waals surface area contributed by atoms with Crippen molar-refractivity contribution in [3.05, 3.63) is 29.8 Å². The Balaban J connectivity index is 2.18. The second-order valence-electron chi connectivity index (χ2n) is 5.61. The molecule has 1 aliphatic heterocycles. The van der Waals surface area contributed by atoms with Gasteiger partial charge in [0, 0.05) is 0 Å². The molecule has 4 nitrogen and oxygen atoms in total. The summed E-state index contributed by atoms with van der Waals surface area (Å²) < 4.78 is 5.63. The van der Waals surface area contributed by atoms with E-state index in [1.165, 1.54) is 12.8 Å². The summed E-state index contributed by atoms with van der Waals surface area (Å²) in [6, 6.07) is 6.98. The maximum absolute atomic E-state index is 11.8. The van der Waals surface area contributed by atoms with Gasteiger partial charge in [0.05, 0.1) is 6.61 Å². The Bertz CT molecular complexity index is 453. The van der Waals surface area contributed by atoms with E-state index in [-0.39, 0.29) is 0 Å². The molecule has 1 aromatic carbocycles. The average Bonchev–Trinajstić information content (AvgIpc) is 2.74. The van der Waals surface area contributed by atoms with E-state index in [1.807, 2.05) is 24.3 Å². The molecule has 0 amide bonds. The van der Waals surface area contributed by atoms with E-state index in [0.29, 0.717) is 6.61 Å². The Morgan fingerprint density at radius 3 is 2.62 bits per heavy atom. The first-order chi connectivity index (χ1) is 10.2. The molecule has 1 aliphatic rings. The van der Waals surface area contributed by atoms with Crippen LogP contribution >= 0.6 is 0 Å². The number of carboxylic acids is 1. The van der Waals surface area contributed by atoms with Crippen molar-refractivity contribution in [2.24, 2.45) is 0 Å². The van der Waals surface area contributed by atoms with E-state index < -0.39 is 12.0 Å². The summed E-state index contributed by atoms with van der Waals surface area (Å²) in [7, 11) is 0. The maximum Gasteiger partial charge on any atom is 0.325 e. The monoisotopic (exact) mass is 291 g/mol. The van der Waals surface area contributed by atoms with Gasteiger partial charge in [0.15, 0.2) is 0 Å². The lowest BCUT2D eigenvalue weighted by molar-refractivity contribution is -0.143. The fourth-order valence-corrected chi connectivity index (χ4v) is 2.86. The molecule has 1 N–H and O–H groups in total. The zero-order valence-electron chi connectivity index (χ0n) is 12.8. The summed E-state index contributed by atoms with van der Waals surface area (Å²) in [5.74, 6) is -0.0139. The first-order valence-corrected chi connectivity index (χ1v) is 7.92. The second kappa shape index (κ2) is 8.03. The van der Waals surface area contributed by atoms with Gasteiger partial charge in [-0.3, -0.25) is 9.69 Å². The second-order valence-corrected chi connectivity index (χ2v) is 5.61. The number of hydrogen-bond acceptors (Lipinski definition) is 3. The van der Waals surface area contributed by atoms with E-state index in [2.05, 4.69) is 11.8 Å². The van der Waals surface area contributed by atoms with Crippen molar-refractivity contribution in [1.82, 2.24) is 4.90 Å². The number of benzene rings is 1. The average molecular weight is 291 g/mol. The number of carboxylic acid groups (broad SMARTS) is 1. The molecule has 21 heavy (non-hydrogen) atoms. The molecule has 0 bridgehead atoms. The molecule has 0 aromatic heterocycles. The van der Waals surface area contributed by atoms with Crippen LogP contribution in [0.2, 0.25) is 0 Å². The molecule has 1 fully saturated rings. The fourth-order valence-electron chi connectivity index (χ4n) is 2.86. The molecular formula is C17H25NO3. The smallest absolute Gasteiger partial charge is 0.325 e. The Kier molecular flexibility index (Phi) is 6.05. The van der Waals surface area contributed by atoms with Crippen LogP contribution in [0.15, 0.2) is 24.3 Å². The van der Waals surface area contributed by atoms with Crippen molar-refractivity contribution in [3.63, 3.8) is 0 Å². The third-order valence-corrected chi connectivity index (χ3v) is 3.89. The number of aliphatic carboxylic acids is 1. The number of rotatable bonds is 6. The molecule has 1 aromatic rings. The molecule has 0 spiro atoms. The highest BCUT2D eigenvalue weighted by Gasteiger charge is 2.28. The SMILES string of the molecule is CCCOc1cccc(C(C(=O)O)N2CCCCCC2)c1. The highest BCUT2D eigenvalue weighted by atomic mass is 16.5. The zero-order chi connectivity index (χ0) is 15.1. The van der Waals surface area contributed by atoms with E-state index in [1.54, 1.807) is 0 Å². The van der Waals surface area contributed by atoms with Gasteiger partial charge < -0.3 is 9.84 Å². The van der Waals surface area contributed by atoms with E-state index >= 15 is 0 Å². The number of carbonyl (C=O) groups is 1. The topological polar surface area (TPSA) is 49.8 Å². The Labute approximate surface area is 126 Å². The van der Waals surface area contributed by atoms with Crippen molar-refractivity contribution < 1.29 is 14.6 Å². The van der Waals surface area contributed by atoms with Crippen molar-refractivity contribution in [1.29, 1.82) is 0 Å². The predicted molar refractivity (Wildman–Crippen MR) is 82.6 cm³/mol. The first-order valence-electron chi connectivity index (χ1n) is 7.92. The van der Waals surface area contributed by atoms with Crippen LogP contribution in [0.3, 0.4) is 0 Å². The fraction of sp³-hybridized carbons (Fsp3) is 0.588. The van der Waals surface area contributed by atoms with Crippen LogP contribution in [-0.2, 0) is 4.79 Å². The van der Waals surface area contributed by atoms with Crippen molar-refractivity contribution in [2.45, 2.75) is 45.1 Å². The molecule has 0 radical (unpaired) electrons. The minimum absolute atomic E-state index is 0.562. The molecule has 1 unspecified atom stereocenters. The Morgan fingerprint density at radius 1 is 1.29 bits per heavy atom.